The van der Waals surface area contributed by atoms with Crippen LogP contribution in [0.3, 0.4) is 0 Å². The normalized spacial score (nSPS) is 57.5. The number of thioether (sulfide) groups is 5. The molecule has 4 aliphatic rings. The average molecular weight is 327 g/mol. The quantitative estimate of drug-likeness (QED) is 0.753. The van der Waals surface area contributed by atoms with Gasteiger partial charge in [0.15, 0.2) is 0 Å². The smallest absolute Gasteiger partial charge is 0.109 e. The lowest BCUT2D eigenvalue weighted by atomic mass is 9.99. The maximum absolute atomic E-state index is 10.7. The van der Waals surface area contributed by atoms with Crippen molar-refractivity contribution in [2.24, 2.45) is 0 Å². The molecule has 4 heterocycles. The van der Waals surface area contributed by atoms with Crippen molar-refractivity contribution in [2.75, 3.05) is 0 Å². The van der Waals surface area contributed by atoms with E-state index in [1.165, 1.54) is 0 Å². The number of hydrogen-bond acceptors (Lipinski definition) is 6. The summed E-state index contributed by atoms with van der Waals surface area (Å²) in [5.74, 6) is 0. The van der Waals surface area contributed by atoms with E-state index in [0.29, 0.717) is 0 Å². The molecule has 0 aromatic heterocycles. The summed E-state index contributed by atoms with van der Waals surface area (Å²) in [5.41, 5.74) is -0.630. The molecule has 4 fully saturated rings. The standard InChI is InChI=1S/C11H18OS5/c1-7(2,12)11-6-8(3)13-9(4,16-11)15-10(5,14-8)17-11/h12H,6H2,1-5H3. The van der Waals surface area contributed by atoms with Crippen LogP contribution in [0.25, 0.3) is 0 Å². The van der Waals surface area contributed by atoms with Gasteiger partial charge in [0.05, 0.1) is 13.8 Å². The lowest BCUT2D eigenvalue weighted by Gasteiger charge is -2.68. The summed E-state index contributed by atoms with van der Waals surface area (Å²) in [5, 5.41) is 10.7. The minimum Gasteiger partial charge on any atom is -0.388 e. The summed E-state index contributed by atoms with van der Waals surface area (Å²) in [6.45, 7) is 11.0. The van der Waals surface area contributed by atoms with E-state index in [1.807, 2.05) is 37.4 Å². The first kappa shape index (κ1) is 13.7. The van der Waals surface area contributed by atoms with Crippen LogP contribution in [0.15, 0.2) is 0 Å². The van der Waals surface area contributed by atoms with Gasteiger partial charge in [-0.15, -0.1) is 58.8 Å². The molecule has 0 aromatic carbocycles. The largest absolute Gasteiger partial charge is 0.388 e. The maximum atomic E-state index is 10.7. The molecule has 2 atom stereocenters. The van der Waals surface area contributed by atoms with Crippen LogP contribution in [-0.4, -0.2) is 25.7 Å². The second-order valence-corrected chi connectivity index (χ2v) is 17.0. The number of aliphatic hydroxyl groups is 1. The van der Waals surface area contributed by atoms with Crippen LogP contribution in [0.1, 0.15) is 41.0 Å². The Morgan fingerprint density at radius 2 is 1.35 bits per heavy atom. The van der Waals surface area contributed by atoms with E-state index in [-0.39, 0.29) is 15.0 Å². The van der Waals surface area contributed by atoms with Gasteiger partial charge in [0.25, 0.3) is 0 Å². The van der Waals surface area contributed by atoms with E-state index >= 15 is 0 Å². The summed E-state index contributed by atoms with van der Waals surface area (Å²) in [7, 11) is 0. The van der Waals surface area contributed by atoms with Gasteiger partial charge < -0.3 is 5.11 Å². The van der Waals surface area contributed by atoms with Gasteiger partial charge in [-0.1, -0.05) is 0 Å². The molecule has 0 amide bonds. The minimum atomic E-state index is -0.630. The Hall–Kier alpha value is 1.71. The van der Waals surface area contributed by atoms with E-state index < -0.39 is 5.60 Å². The molecular weight excluding hydrogens is 308 g/mol. The first-order chi connectivity index (χ1) is 7.49. The van der Waals surface area contributed by atoms with Gasteiger partial charge in [-0.05, 0) is 41.0 Å². The molecule has 98 valence electrons. The molecule has 0 spiro atoms. The summed E-state index contributed by atoms with van der Waals surface area (Å²) < 4.78 is 0.592. The molecule has 2 unspecified atom stereocenters. The molecule has 4 bridgehead atoms. The van der Waals surface area contributed by atoms with Crippen molar-refractivity contribution in [1.82, 2.24) is 0 Å². The van der Waals surface area contributed by atoms with Crippen molar-refractivity contribution in [3.05, 3.63) is 0 Å². The van der Waals surface area contributed by atoms with Crippen LogP contribution in [0.2, 0.25) is 0 Å². The van der Waals surface area contributed by atoms with Crippen LogP contribution in [0, 0.1) is 0 Å². The fourth-order valence-corrected chi connectivity index (χ4v) is 19.7. The highest BCUT2D eigenvalue weighted by molar-refractivity contribution is 8.54. The van der Waals surface area contributed by atoms with Crippen LogP contribution in [0.5, 0.6) is 0 Å². The molecule has 1 N–H and O–H groups in total. The second-order valence-electron chi connectivity index (χ2n) is 5.86. The second kappa shape index (κ2) is 3.48. The molecule has 1 nitrogen and oxygen atoms in total. The Bertz CT molecular complexity index is 323. The molecule has 0 saturated carbocycles. The van der Waals surface area contributed by atoms with E-state index in [0.717, 1.165) is 6.42 Å². The highest BCUT2D eigenvalue weighted by Gasteiger charge is 2.71. The molecular formula is C11H18OS5. The van der Waals surface area contributed by atoms with E-state index in [4.69, 9.17) is 0 Å². The number of rotatable bonds is 1. The zero-order chi connectivity index (χ0) is 12.7. The van der Waals surface area contributed by atoms with Gasteiger partial charge in [0.1, 0.15) is 6.82 Å². The monoisotopic (exact) mass is 326 g/mol. The van der Waals surface area contributed by atoms with Crippen LogP contribution < -0.4 is 0 Å². The SMILES string of the molecule is CC12CC3(C(C)(C)O)SC(C)(S1)SC(C)(S2)S3. The Kier molecular flexibility index (Phi) is 2.80. The van der Waals surface area contributed by atoms with Crippen LogP contribution >= 0.6 is 58.8 Å². The highest BCUT2D eigenvalue weighted by Crippen LogP contribution is 2.86. The third-order valence-electron chi connectivity index (χ3n) is 3.36. The van der Waals surface area contributed by atoms with Crippen LogP contribution in [0.4, 0.5) is 0 Å². The van der Waals surface area contributed by atoms with Crippen molar-refractivity contribution in [2.45, 2.75) is 61.6 Å². The summed E-state index contributed by atoms with van der Waals surface area (Å²) in [4.78, 5) is 0. The molecule has 6 heteroatoms. The Morgan fingerprint density at radius 1 is 0.882 bits per heavy atom. The molecule has 17 heavy (non-hydrogen) atoms. The summed E-state index contributed by atoms with van der Waals surface area (Å²) in [6, 6.07) is 0. The first-order valence-corrected chi connectivity index (χ1v) is 9.80. The Labute approximate surface area is 125 Å². The molecule has 0 aromatic rings. The maximum Gasteiger partial charge on any atom is 0.109 e. The lowest BCUT2D eigenvalue weighted by molar-refractivity contribution is 0.0626. The van der Waals surface area contributed by atoms with E-state index in [1.54, 1.807) is 0 Å². The zero-order valence-corrected chi connectivity index (χ0v) is 14.8. The molecule has 4 rings (SSSR count). The van der Waals surface area contributed by atoms with E-state index in [2.05, 4.69) is 56.1 Å². The van der Waals surface area contributed by atoms with Gasteiger partial charge in [-0.3, -0.25) is 0 Å². The first-order valence-electron chi connectivity index (χ1n) is 5.72. The van der Waals surface area contributed by atoms with Crippen molar-refractivity contribution >= 4 is 58.8 Å². The fraction of sp³-hybridized carbons (Fsp3) is 1.00. The lowest BCUT2D eigenvalue weighted by Crippen LogP contribution is -2.61. The van der Waals surface area contributed by atoms with Gasteiger partial charge in [0.2, 0.25) is 0 Å². The minimum absolute atomic E-state index is 0.0486. The fourth-order valence-electron chi connectivity index (χ4n) is 2.92. The van der Waals surface area contributed by atoms with Gasteiger partial charge >= 0.3 is 0 Å². The van der Waals surface area contributed by atoms with Crippen molar-refractivity contribution in [3.8, 4) is 0 Å². The predicted molar refractivity (Wildman–Crippen MR) is 86.8 cm³/mol. The zero-order valence-electron chi connectivity index (χ0n) is 10.7. The van der Waals surface area contributed by atoms with Gasteiger partial charge in [0, 0.05) is 0 Å². The Balaban J connectivity index is 2.10. The number of hydrogen-bond donors (Lipinski definition) is 1. The average Bonchev–Trinajstić information content (AvgIpc) is 1.89. The molecule has 4 saturated heterocycles. The van der Waals surface area contributed by atoms with Gasteiger partial charge in [-0.25, -0.2) is 0 Å². The molecule has 0 aliphatic carbocycles. The summed E-state index contributed by atoms with van der Waals surface area (Å²) >= 11 is 10.2. The van der Waals surface area contributed by atoms with Gasteiger partial charge in [-0.2, -0.15) is 0 Å². The summed E-state index contributed by atoms with van der Waals surface area (Å²) in [6.07, 6.45) is 1.08. The highest BCUT2D eigenvalue weighted by atomic mass is 32.3. The van der Waals surface area contributed by atoms with Crippen LogP contribution in [-0.2, 0) is 0 Å². The van der Waals surface area contributed by atoms with E-state index in [9.17, 15) is 5.11 Å². The van der Waals surface area contributed by atoms with Crippen molar-refractivity contribution < 1.29 is 5.11 Å². The molecule has 0 radical (unpaired) electrons. The topological polar surface area (TPSA) is 20.2 Å². The van der Waals surface area contributed by atoms with Crippen molar-refractivity contribution in [3.63, 3.8) is 0 Å². The van der Waals surface area contributed by atoms with Crippen molar-refractivity contribution in [1.29, 1.82) is 0 Å². The molecule has 4 aliphatic heterocycles. The third-order valence-corrected chi connectivity index (χ3v) is 12.7. The third kappa shape index (κ3) is 2.00. The Morgan fingerprint density at radius 3 is 1.71 bits per heavy atom. The predicted octanol–water partition coefficient (Wildman–Crippen LogP) is 4.61.